The lowest BCUT2D eigenvalue weighted by molar-refractivity contribution is -0.137. The first-order valence-corrected chi connectivity index (χ1v) is 8.93. The molecule has 4 nitrogen and oxygen atoms in total. The summed E-state index contributed by atoms with van der Waals surface area (Å²) in [6.45, 7) is 8.60. The highest BCUT2D eigenvalue weighted by molar-refractivity contribution is 6.35. The maximum Gasteiger partial charge on any atom is 0.277 e. The van der Waals surface area contributed by atoms with Gasteiger partial charge in [0.1, 0.15) is 5.70 Å². The minimum absolute atomic E-state index is 0.123. The van der Waals surface area contributed by atoms with Crippen molar-refractivity contribution in [1.82, 2.24) is 9.80 Å². The van der Waals surface area contributed by atoms with Gasteiger partial charge in [0.15, 0.2) is 0 Å². The van der Waals surface area contributed by atoms with Crippen LogP contribution in [0, 0.1) is 11.8 Å². The molecule has 2 aliphatic rings. The highest BCUT2D eigenvalue weighted by atomic mass is 16.2. The van der Waals surface area contributed by atoms with Crippen LogP contribution in [-0.2, 0) is 9.59 Å². The van der Waals surface area contributed by atoms with E-state index >= 15 is 0 Å². The van der Waals surface area contributed by atoms with Gasteiger partial charge in [-0.05, 0) is 30.2 Å². The predicted molar refractivity (Wildman–Crippen MR) is 94.9 cm³/mol. The zero-order valence-electron chi connectivity index (χ0n) is 14.8. The molecule has 1 aromatic carbocycles. The lowest BCUT2D eigenvalue weighted by Crippen LogP contribution is -2.42. The average molecular weight is 326 g/mol. The van der Waals surface area contributed by atoms with Gasteiger partial charge in [0.05, 0.1) is 5.57 Å². The van der Waals surface area contributed by atoms with Gasteiger partial charge in [-0.2, -0.15) is 0 Å². The Balaban J connectivity index is 2.06. The maximum absolute atomic E-state index is 13.0. The van der Waals surface area contributed by atoms with Crippen LogP contribution >= 0.6 is 0 Å². The summed E-state index contributed by atoms with van der Waals surface area (Å²) in [4.78, 5) is 29.5. The van der Waals surface area contributed by atoms with Crippen LogP contribution in [0.2, 0.25) is 0 Å². The molecule has 0 spiro atoms. The fraction of sp³-hybridized carbons (Fsp3) is 0.500. The van der Waals surface area contributed by atoms with E-state index in [9.17, 15) is 9.59 Å². The third-order valence-corrected chi connectivity index (χ3v) is 4.84. The Kier molecular flexibility index (Phi) is 4.74. The van der Waals surface area contributed by atoms with Crippen molar-refractivity contribution in [1.29, 1.82) is 0 Å². The normalized spacial score (nSPS) is 25.0. The molecule has 0 aromatic heterocycles. The molecule has 0 radical (unpaired) electrons. The van der Waals surface area contributed by atoms with Crippen molar-refractivity contribution in [3.8, 4) is 0 Å². The number of benzene rings is 1. The van der Waals surface area contributed by atoms with Crippen LogP contribution < -0.4 is 0 Å². The molecule has 2 atom stereocenters. The first kappa shape index (κ1) is 16.7. The molecule has 1 aromatic rings. The zero-order chi connectivity index (χ0) is 17.3. The van der Waals surface area contributed by atoms with Crippen LogP contribution in [0.1, 0.15) is 39.2 Å². The van der Waals surface area contributed by atoms with Crippen molar-refractivity contribution >= 4 is 17.4 Å². The lowest BCUT2D eigenvalue weighted by atomic mass is 9.91. The van der Waals surface area contributed by atoms with Gasteiger partial charge in [-0.1, -0.05) is 51.1 Å². The molecular formula is C20H26N2O2. The van der Waals surface area contributed by atoms with Crippen molar-refractivity contribution < 1.29 is 9.59 Å². The van der Waals surface area contributed by atoms with Gasteiger partial charge in [-0.3, -0.25) is 14.5 Å². The van der Waals surface area contributed by atoms with E-state index in [0.29, 0.717) is 29.7 Å². The summed E-state index contributed by atoms with van der Waals surface area (Å²) in [5.41, 5.74) is 2.03. The van der Waals surface area contributed by atoms with Crippen LogP contribution in [0.5, 0.6) is 0 Å². The topological polar surface area (TPSA) is 40.6 Å². The number of imide groups is 1. The molecule has 0 aliphatic carbocycles. The van der Waals surface area contributed by atoms with Crippen LogP contribution in [0.4, 0.5) is 0 Å². The molecule has 2 aliphatic heterocycles. The van der Waals surface area contributed by atoms with Crippen molar-refractivity contribution in [2.75, 3.05) is 19.6 Å². The molecule has 2 unspecified atom stereocenters. The van der Waals surface area contributed by atoms with Crippen LogP contribution in [0.25, 0.3) is 5.57 Å². The Hall–Kier alpha value is -2.10. The Bertz CT molecular complexity index is 655. The van der Waals surface area contributed by atoms with Crippen LogP contribution in [-0.4, -0.2) is 41.2 Å². The minimum Gasteiger partial charge on any atom is -0.366 e. The molecule has 1 fully saturated rings. The summed E-state index contributed by atoms with van der Waals surface area (Å²) in [6, 6.07) is 9.61. The first-order valence-electron chi connectivity index (χ1n) is 8.93. The predicted octanol–water partition coefficient (Wildman–Crippen LogP) is 3.15. The van der Waals surface area contributed by atoms with Crippen molar-refractivity contribution in [3.63, 3.8) is 0 Å². The summed E-state index contributed by atoms with van der Waals surface area (Å²) in [6.07, 6.45) is 1.95. The largest absolute Gasteiger partial charge is 0.366 e. The van der Waals surface area contributed by atoms with E-state index in [0.717, 1.165) is 25.1 Å². The summed E-state index contributed by atoms with van der Waals surface area (Å²) >= 11 is 0. The Morgan fingerprint density at radius 1 is 1.00 bits per heavy atom. The molecule has 1 saturated heterocycles. The van der Waals surface area contributed by atoms with Gasteiger partial charge in [0.2, 0.25) is 0 Å². The van der Waals surface area contributed by atoms with E-state index in [1.165, 1.54) is 11.3 Å². The fourth-order valence-electron chi connectivity index (χ4n) is 3.99. The number of carbonyl (C=O) groups is 2. The molecule has 2 amide bonds. The standard InChI is InChI=1S/C20H26N2O2/c1-4-10-22-19(23)17(16-8-6-5-7-9-16)18(20(22)24)21-12-14(2)11-15(3)13-21/h5-9,14-15H,4,10-13H2,1-3H3. The van der Waals surface area contributed by atoms with Gasteiger partial charge in [-0.15, -0.1) is 0 Å². The number of likely N-dealkylation sites (tertiary alicyclic amines) is 1. The molecule has 0 saturated carbocycles. The number of amides is 2. The molecule has 128 valence electrons. The van der Waals surface area contributed by atoms with Crippen LogP contribution in [0.15, 0.2) is 36.0 Å². The average Bonchev–Trinajstić information content (AvgIpc) is 2.80. The second-order valence-corrected chi connectivity index (χ2v) is 7.20. The number of hydrogen-bond donors (Lipinski definition) is 0. The van der Waals surface area contributed by atoms with E-state index in [-0.39, 0.29) is 11.8 Å². The molecule has 4 heteroatoms. The number of nitrogens with zero attached hydrogens (tertiary/aromatic N) is 2. The molecule has 0 bridgehead atoms. The molecule has 3 rings (SSSR count). The Morgan fingerprint density at radius 3 is 2.21 bits per heavy atom. The summed E-state index contributed by atoms with van der Waals surface area (Å²) < 4.78 is 0. The monoisotopic (exact) mass is 326 g/mol. The van der Waals surface area contributed by atoms with Crippen molar-refractivity contribution in [3.05, 3.63) is 41.6 Å². The van der Waals surface area contributed by atoms with E-state index in [1.807, 2.05) is 37.3 Å². The smallest absolute Gasteiger partial charge is 0.277 e. The maximum atomic E-state index is 13.0. The van der Waals surface area contributed by atoms with Gasteiger partial charge < -0.3 is 4.90 Å². The highest BCUT2D eigenvalue weighted by Gasteiger charge is 2.42. The molecular weight excluding hydrogens is 300 g/mol. The highest BCUT2D eigenvalue weighted by Crippen LogP contribution is 2.34. The first-order chi connectivity index (χ1) is 11.5. The summed E-state index contributed by atoms with van der Waals surface area (Å²) in [5.74, 6) is 0.790. The number of rotatable bonds is 4. The van der Waals surface area contributed by atoms with Gasteiger partial charge in [-0.25, -0.2) is 0 Å². The fourth-order valence-corrected chi connectivity index (χ4v) is 3.99. The van der Waals surface area contributed by atoms with Crippen molar-refractivity contribution in [2.45, 2.75) is 33.6 Å². The second kappa shape index (κ2) is 6.80. The Labute approximate surface area is 144 Å². The number of piperidine rings is 1. The third kappa shape index (κ3) is 2.97. The molecule has 0 N–H and O–H groups in total. The number of carbonyl (C=O) groups excluding carboxylic acids is 2. The third-order valence-electron chi connectivity index (χ3n) is 4.84. The van der Waals surface area contributed by atoms with E-state index in [1.54, 1.807) is 0 Å². The lowest BCUT2D eigenvalue weighted by Gasteiger charge is -2.37. The quantitative estimate of drug-likeness (QED) is 0.798. The molecule has 2 heterocycles. The van der Waals surface area contributed by atoms with Gasteiger partial charge in [0.25, 0.3) is 11.8 Å². The van der Waals surface area contributed by atoms with Gasteiger partial charge in [0, 0.05) is 19.6 Å². The second-order valence-electron chi connectivity index (χ2n) is 7.20. The van der Waals surface area contributed by atoms with E-state index in [2.05, 4.69) is 18.7 Å². The van der Waals surface area contributed by atoms with Crippen LogP contribution in [0.3, 0.4) is 0 Å². The van der Waals surface area contributed by atoms with Gasteiger partial charge >= 0.3 is 0 Å². The van der Waals surface area contributed by atoms with E-state index in [4.69, 9.17) is 0 Å². The Morgan fingerprint density at radius 2 is 1.62 bits per heavy atom. The number of hydrogen-bond acceptors (Lipinski definition) is 3. The molecule has 24 heavy (non-hydrogen) atoms. The summed E-state index contributed by atoms with van der Waals surface area (Å²) in [5, 5.41) is 0. The zero-order valence-corrected chi connectivity index (χ0v) is 14.8. The van der Waals surface area contributed by atoms with Crippen molar-refractivity contribution in [2.24, 2.45) is 11.8 Å². The minimum atomic E-state index is -0.145. The van der Waals surface area contributed by atoms with E-state index < -0.39 is 0 Å². The SMILES string of the molecule is CCCN1C(=O)C(c2ccccc2)=C(N2CC(C)CC(C)C2)C1=O. The summed E-state index contributed by atoms with van der Waals surface area (Å²) in [7, 11) is 0.